The van der Waals surface area contributed by atoms with Crippen LogP contribution in [0.4, 0.5) is 15.8 Å². The van der Waals surface area contributed by atoms with Gasteiger partial charge in [0.25, 0.3) is 5.91 Å². The van der Waals surface area contributed by atoms with Gasteiger partial charge in [-0.3, -0.25) is 4.79 Å². The zero-order valence-corrected chi connectivity index (χ0v) is 12.7. The van der Waals surface area contributed by atoms with Gasteiger partial charge < -0.3 is 16.2 Å². The predicted molar refractivity (Wildman–Crippen MR) is 84.9 cm³/mol. The predicted octanol–water partition coefficient (Wildman–Crippen LogP) is 2.96. The second-order valence-electron chi connectivity index (χ2n) is 4.19. The van der Waals surface area contributed by atoms with Gasteiger partial charge in [0.05, 0.1) is 16.8 Å². The number of aromatic carboxylic acids is 1. The minimum Gasteiger partial charge on any atom is -0.478 e. The molecule has 0 saturated carbocycles. The van der Waals surface area contributed by atoms with Gasteiger partial charge in [-0.15, -0.1) is 0 Å². The van der Waals surface area contributed by atoms with Crippen molar-refractivity contribution >= 4 is 45.8 Å². The van der Waals surface area contributed by atoms with Crippen LogP contribution in [0.2, 0.25) is 0 Å². The number of benzene rings is 2. The first-order valence-electron chi connectivity index (χ1n) is 5.77. The lowest BCUT2D eigenvalue weighted by atomic mass is 10.1. The highest BCUT2D eigenvalue weighted by Crippen LogP contribution is 2.21. The van der Waals surface area contributed by atoms with E-state index < -0.39 is 17.7 Å². The molecular weight excluding hydrogens is 390 g/mol. The van der Waals surface area contributed by atoms with Gasteiger partial charge in [-0.05, 0) is 59.0 Å². The third-order valence-electron chi connectivity index (χ3n) is 2.70. The molecule has 0 aliphatic rings. The highest BCUT2D eigenvalue weighted by molar-refractivity contribution is 14.1. The topological polar surface area (TPSA) is 92.4 Å². The van der Waals surface area contributed by atoms with Crippen molar-refractivity contribution in [3.63, 3.8) is 0 Å². The van der Waals surface area contributed by atoms with E-state index in [1.165, 1.54) is 24.3 Å². The number of rotatable bonds is 3. The molecule has 2 aromatic carbocycles. The Hall–Kier alpha value is -2.16. The average molecular weight is 400 g/mol. The monoisotopic (exact) mass is 400 g/mol. The first-order chi connectivity index (χ1) is 9.88. The fraction of sp³-hybridized carbons (Fsp3) is 0. The van der Waals surface area contributed by atoms with Crippen LogP contribution in [0.5, 0.6) is 0 Å². The number of hydrogen-bond donors (Lipinski definition) is 3. The van der Waals surface area contributed by atoms with E-state index in [4.69, 9.17) is 10.8 Å². The third kappa shape index (κ3) is 3.48. The van der Waals surface area contributed by atoms with Gasteiger partial charge in [-0.25, -0.2) is 9.18 Å². The Morgan fingerprint density at radius 3 is 2.48 bits per heavy atom. The van der Waals surface area contributed by atoms with Crippen LogP contribution in [0.25, 0.3) is 0 Å². The van der Waals surface area contributed by atoms with Crippen LogP contribution >= 0.6 is 22.6 Å². The molecule has 0 spiro atoms. The Morgan fingerprint density at radius 1 is 1.14 bits per heavy atom. The molecule has 0 unspecified atom stereocenters. The summed E-state index contributed by atoms with van der Waals surface area (Å²) < 4.78 is 14.4. The maximum atomic E-state index is 13.7. The van der Waals surface area contributed by atoms with Crippen LogP contribution in [0.3, 0.4) is 0 Å². The van der Waals surface area contributed by atoms with Gasteiger partial charge in [0.1, 0.15) is 5.82 Å². The Balaban J connectivity index is 2.34. The summed E-state index contributed by atoms with van der Waals surface area (Å²) in [5.41, 5.74) is 5.44. The minimum atomic E-state index is -1.18. The zero-order chi connectivity index (χ0) is 15.6. The Morgan fingerprint density at radius 2 is 1.86 bits per heavy atom. The maximum Gasteiger partial charge on any atom is 0.337 e. The standard InChI is InChI=1S/C14H10FIN2O3/c15-11-6-8(17)2-3-9(11)13(19)18-12-4-1-7(16)5-10(12)14(20)21/h1-6H,17H2,(H,18,19)(H,20,21). The summed E-state index contributed by atoms with van der Waals surface area (Å²) in [5, 5.41) is 11.5. The molecule has 108 valence electrons. The van der Waals surface area contributed by atoms with E-state index in [1.54, 1.807) is 6.07 Å². The number of carbonyl (C=O) groups excluding carboxylic acids is 1. The first kappa shape index (κ1) is 15.2. The molecule has 2 aromatic rings. The van der Waals surface area contributed by atoms with Crippen molar-refractivity contribution in [2.45, 2.75) is 0 Å². The average Bonchev–Trinajstić information content (AvgIpc) is 2.40. The van der Waals surface area contributed by atoms with Gasteiger partial charge in [0.15, 0.2) is 0 Å². The molecule has 21 heavy (non-hydrogen) atoms. The number of halogens is 2. The van der Waals surface area contributed by atoms with E-state index in [0.717, 1.165) is 6.07 Å². The van der Waals surface area contributed by atoms with Crippen molar-refractivity contribution in [1.82, 2.24) is 0 Å². The van der Waals surface area contributed by atoms with Gasteiger partial charge in [0.2, 0.25) is 0 Å². The van der Waals surface area contributed by atoms with E-state index >= 15 is 0 Å². The SMILES string of the molecule is Nc1ccc(C(=O)Nc2ccc(I)cc2C(=O)O)c(F)c1. The molecule has 0 aliphatic carbocycles. The normalized spacial score (nSPS) is 10.2. The number of carboxylic acids is 1. The molecule has 5 nitrogen and oxygen atoms in total. The van der Waals surface area contributed by atoms with Crippen LogP contribution in [0.1, 0.15) is 20.7 Å². The molecule has 0 bridgehead atoms. The van der Waals surface area contributed by atoms with Crippen LogP contribution in [0.15, 0.2) is 36.4 Å². The number of anilines is 2. The second-order valence-corrected chi connectivity index (χ2v) is 5.43. The number of amides is 1. The second kappa shape index (κ2) is 6.08. The molecule has 0 heterocycles. The largest absolute Gasteiger partial charge is 0.478 e. The summed E-state index contributed by atoms with van der Waals surface area (Å²) in [4.78, 5) is 23.2. The van der Waals surface area contributed by atoms with Crippen molar-refractivity contribution in [3.05, 3.63) is 56.9 Å². The van der Waals surface area contributed by atoms with Crippen LogP contribution < -0.4 is 11.1 Å². The fourth-order valence-electron chi connectivity index (χ4n) is 1.71. The summed E-state index contributed by atoms with van der Waals surface area (Å²) >= 11 is 1.96. The summed E-state index contributed by atoms with van der Waals surface area (Å²) in [6.45, 7) is 0. The van der Waals surface area contributed by atoms with Crippen LogP contribution in [0, 0.1) is 9.39 Å². The number of nitrogen functional groups attached to an aromatic ring is 1. The third-order valence-corrected chi connectivity index (χ3v) is 3.37. The first-order valence-corrected chi connectivity index (χ1v) is 6.85. The number of hydrogen-bond acceptors (Lipinski definition) is 3. The van der Waals surface area contributed by atoms with Crippen molar-refractivity contribution in [2.75, 3.05) is 11.1 Å². The van der Waals surface area contributed by atoms with Crippen molar-refractivity contribution in [1.29, 1.82) is 0 Å². The summed E-state index contributed by atoms with van der Waals surface area (Å²) in [6, 6.07) is 8.18. The van der Waals surface area contributed by atoms with Crippen LogP contribution in [-0.4, -0.2) is 17.0 Å². The van der Waals surface area contributed by atoms with E-state index in [1.807, 2.05) is 22.6 Å². The molecule has 2 rings (SSSR count). The molecule has 0 fully saturated rings. The summed E-state index contributed by atoms with van der Waals surface area (Å²) in [5.74, 6) is -2.69. The Labute approximate surface area is 133 Å². The van der Waals surface area contributed by atoms with E-state index in [-0.39, 0.29) is 22.5 Å². The molecule has 0 saturated heterocycles. The van der Waals surface area contributed by atoms with Gasteiger partial charge in [0, 0.05) is 9.26 Å². The molecule has 0 aliphatic heterocycles. The number of nitrogens with one attached hydrogen (secondary N) is 1. The Kier molecular flexibility index (Phi) is 4.41. The molecule has 7 heteroatoms. The molecule has 0 aromatic heterocycles. The lowest BCUT2D eigenvalue weighted by Gasteiger charge is -2.09. The Bertz CT molecular complexity index is 734. The van der Waals surface area contributed by atoms with Crippen molar-refractivity contribution in [2.24, 2.45) is 0 Å². The lowest BCUT2D eigenvalue weighted by molar-refractivity contribution is 0.0698. The number of carboxylic acid groups (broad SMARTS) is 1. The van der Waals surface area contributed by atoms with Gasteiger partial charge in [-0.2, -0.15) is 0 Å². The van der Waals surface area contributed by atoms with Gasteiger partial charge >= 0.3 is 5.97 Å². The van der Waals surface area contributed by atoms with E-state index in [9.17, 15) is 14.0 Å². The number of carbonyl (C=O) groups is 2. The highest BCUT2D eigenvalue weighted by Gasteiger charge is 2.16. The van der Waals surface area contributed by atoms with Crippen molar-refractivity contribution in [3.8, 4) is 0 Å². The van der Waals surface area contributed by atoms with Gasteiger partial charge in [-0.1, -0.05) is 0 Å². The molecular formula is C14H10FIN2O3. The molecule has 0 radical (unpaired) electrons. The zero-order valence-electron chi connectivity index (χ0n) is 10.6. The maximum absolute atomic E-state index is 13.7. The molecule has 1 amide bonds. The molecule has 4 N–H and O–H groups in total. The van der Waals surface area contributed by atoms with Crippen LogP contribution in [-0.2, 0) is 0 Å². The van der Waals surface area contributed by atoms with Crippen molar-refractivity contribution < 1.29 is 19.1 Å². The quantitative estimate of drug-likeness (QED) is 0.546. The number of nitrogens with two attached hydrogens (primary N) is 1. The molecule has 0 atom stereocenters. The summed E-state index contributed by atoms with van der Waals surface area (Å²) in [6.07, 6.45) is 0. The smallest absolute Gasteiger partial charge is 0.337 e. The van der Waals surface area contributed by atoms with E-state index in [2.05, 4.69) is 5.32 Å². The lowest BCUT2D eigenvalue weighted by Crippen LogP contribution is -2.16. The minimum absolute atomic E-state index is 0.0638. The highest BCUT2D eigenvalue weighted by atomic mass is 127. The van der Waals surface area contributed by atoms with E-state index in [0.29, 0.717) is 3.57 Å². The fourth-order valence-corrected chi connectivity index (χ4v) is 2.20. The summed E-state index contributed by atoms with van der Waals surface area (Å²) in [7, 11) is 0.